The lowest BCUT2D eigenvalue weighted by Crippen LogP contribution is -2.08. The molecule has 0 heterocycles. The Morgan fingerprint density at radius 1 is 1.10 bits per heavy atom. The van der Waals surface area contributed by atoms with E-state index in [1.54, 1.807) is 31.2 Å². The van der Waals surface area contributed by atoms with Crippen molar-refractivity contribution in [2.24, 2.45) is 5.16 Å². The number of carbonyl (C=O) groups is 1. The van der Waals surface area contributed by atoms with Gasteiger partial charge in [0.1, 0.15) is 12.2 Å². The molecular formula is C21H20F3NO4. The molecule has 0 N–H and O–H groups in total. The SMILES string of the molecule is CO/C=C(/C(=O)OC)c1ccccc1CO/N=C(/C)c1cccc(C(F)(F)F)c1. The lowest BCUT2D eigenvalue weighted by molar-refractivity contribution is -0.137. The van der Waals surface area contributed by atoms with E-state index in [-0.39, 0.29) is 17.9 Å². The molecule has 2 aromatic carbocycles. The van der Waals surface area contributed by atoms with Gasteiger partial charge in [-0.25, -0.2) is 4.79 Å². The van der Waals surface area contributed by atoms with Crippen LogP contribution in [0.3, 0.4) is 0 Å². The number of rotatable bonds is 7. The predicted molar refractivity (Wildman–Crippen MR) is 102 cm³/mol. The van der Waals surface area contributed by atoms with E-state index in [4.69, 9.17) is 14.3 Å². The minimum Gasteiger partial charge on any atom is -0.503 e. The maximum Gasteiger partial charge on any atom is 0.416 e. The molecule has 0 radical (unpaired) electrons. The van der Waals surface area contributed by atoms with Crippen LogP contribution in [0.1, 0.15) is 29.2 Å². The van der Waals surface area contributed by atoms with E-state index in [1.807, 2.05) is 0 Å². The van der Waals surface area contributed by atoms with Crippen LogP contribution in [-0.4, -0.2) is 25.9 Å². The van der Waals surface area contributed by atoms with Crippen LogP contribution in [0.25, 0.3) is 5.57 Å². The lowest BCUT2D eigenvalue weighted by Gasteiger charge is -2.11. The maximum atomic E-state index is 12.9. The van der Waals surface area contributed by atoms with Crippen LogP contribution in [0, 0.1) is 0 Å². The highest BCUT2D eigenvalue weighted by Gasteiger charge is 2.30. The number of methoxy groups -OCH3 is 2. The van der Waals surface area contributed by atoms with Crippen molar-refractivity contribution in [3.8, 4) is 0 Å². The average molecular weight is 407 g/mol. The summed E-state index contributed by atoms with van der Waals surface area (Å²) in [4.78, 5) is 17.3. The number of oxime groups is 1. The number of alkyl halides is 3. The quantitative estimate of drug-likeness (QED) is 0.217. The molecule has 0 fully saturated rings. The molecule has 0 saturated heterocycles. The van der Waals surface area contributed by atoms with Crippen molar-refractivity contribution in [1.82, 2.24) is 0 Å². The molecule has 0 amide bonds. The molecule has 0 aromatic heterocycles. The van der Waals surface area contributed by atoms with Crippen LogP contribution in [0.2, 0.25) is 0 Å². The number of ether oxygens (including phenoxy) is 2. The van der Waals surface area contributed by atoms with Crippen LogP contribution in [0.5, 0.6) is 0 Å². The molecule has 2 rings (SSSR count). The summed E-state index contributed by atoms with van der Waals surface area (Å²) in [6.45, 7) is 1.54. The van der Waals surface area contributed by atoms with Gasteiger partial charge in [0.05, 0.1) is 31.8 Å². The predicted octanol–water partition coefficient (Wildman–Crippen LogP) is 4.81. The Labute approximate surface area is 166 Å². The van der Waals surface area contributed by atoms with Crippen molar-refractivity contribution in [3.05, 3.63) is 77.0 Å². The standard InChI is InChI=1S/C21H20F3NO4/c1-14(15-8-6-9-17(11-15)21(22,23)24)25-29-12-16-7-4-5-10-18(16)19(13-27-2)20(26)28-3/h4-11,13H,12H2,1-3H3/b19-13+,25-14-. The highest BCUT2D eigenvalue weighted by Crippen LogP contribution is 2.29. The number of esters is 1. The van der Waals surface area contributed by atoms with Gasteiger partial charge in [0.25, 0.3) is 0 Å². The monoisotopic (exact) mass is 407 g/mol. The van der Waals surface area contributed by atoms with Crippen LogP contribution in [0.4, 0.5) is 13.2 Å². The molecule has 29 heavy (non-hydrogen) atoms. The molecule has 0 unspecified atom stereocenters. The van der Waals surface area contributed by atoms with E-state index < -0.39 is 17.7 Å². The van der Waals surface area contributed by atoms with Crippen molar-refractivity contribution >= 4 is 17.3 Å². The van der Waals surface area contributed by atoms with Crippen molar-refractivity contribution in [2.75, 3.05) is 14.2 Å². The number of halogens is 3. The number of carbonyl (C=O) groups excluding carboxylic acids is 1. The Morgan fingerprint density at radius 2 is 1.83 bits per heavy atom. The molecule has 8 heteroatoms. The van der Waals surface area contributed by atoms with Crippen LogP contribution in [0.15, 0.2) is 59.9 Å². The largest absolute Gasteiger partial charge is 0.503 e. The van der Waals surface area contributed by atoms with E-state index in [1.165, 1.54) is 32.6 Å². The van der Waals surface area contributed by atoms with Gasteiger partial charge in [-0.2, -0.15) is 13.2 Å². The first-order valence-electron chi connectivity index (χ1n) is 8.51. The van der Waals surface area contributed by atoms with Crippen molar-refractivity contribution < 1.29 is 32.3 Å². The highest BCUT2D eigenvalue weighted by atomic mass is 19.4. The minimum atomic E-state index is -4.44. The van der Waals surface area contributed by atoms with Gasteiger partial charge in [0, 0.05) is 5.56 Å². The molecule has 154 valence electrons. The lowest BCUT2D eigenvalue weighted by atomic mass is 10.0. The number of hydrogen-bond donors (Lipinski definition) is 0. The van der Waals surface area contributed by atoms with Crippen molar-refractivity contribution in [3.63, 3.8) is 0 Å². The Kier molecular flexibility index (Phi) is 7.41. The van der Waals surface area contributed by atoms with Gasteiger partial charge in [0.15, 0.2) is 0 Å². The fraction of sp³-hybridized carbons (Fsp3) is 0.238. The molecule has 0 bridgehead atoms. The average Bonchev–Trinajstić information content (AvgIpc) is 2.71. The molecule has 0 aliphatic heterocycles. The molecule has 5 nitrogen and oxygen atoms in total. The van der Waals surface area contributed by atoms with Crippen LogP contribution < -0.4 is 0 Å². The second-order valence-corrected chi connectivity index (χ2v) is 5.94. The fourth-order valence-electron chi connectivity index (χ4n) is 2.53. The maximum absolute atomic E-state index is 12.9. The summed E-state index contributed by atoms with van der Waals surface area (Å²) >= 11 is 0. The Balaban J connectivity index is 2.21. The van der Waals surface area contributed by atoms with Gasteiger partial charge in [-0.3, -0.25) is 0 Å². The summed E-state index contributed by atoms with van der Waals surface area (Å²) < 4.78 is 48.3. The number of benzene rings is 2. The molecule has 0 saturated carbocycles. The van der Waals surface area contributed by atoms with Crippen LogP contribution >= 0.6 is 0 Å². The zero-order valence-corrected chi connectivity index (χ0v) is 16.1. The van der Waals surface area contributed by atoms with Gasteiger partial charge >= 0.3 is 12.1 Å². The van der Waals surface area contributed by atoms with E-state index in [9.17, 15) is 18.0 Å². The van der Waals surface area contributed by atoms with Gasteiger partial charge in [0.2, 0.25) is 0 Å². The second kappa shape index (κ2) is 9.77. The first-order chi connectivity index (χ1) is 13.8. The summed E-state index contributed by atoms with van der Waals surface area (Å²) in [6.07, 6.45) is -3.17. The third kappa shape index (κ3) is 5.84. The molecule has 0 atom stereocenters. The normalized spacial score (nSPS) is 12.5. The summed E-state index contributed by atoms with van der Waals surface area (Å²) in [5, 5.41) is 3.91. The zero-order chi connectivity index (χ0) is 21.4. The topological polar surface area (TPSA) is 57.1 Å². The van der Waals surface area contributed by atoms with Crippen LogP contribution in [-0.2, 0) is 31.9 Å². The molecule has 0 spiro atoms. The number of nitrogens with zero attached hydrogens (tertiary/aromatic N) is 1. The Bertz CT molecular complexity index is 920. The first kappa shape index (κ1) is 22.0. The highest BCUT2D eigenvalue weighted by molar-refractivity contribution is 6.16. The van der Waals surface area contributed by atoms with E-state index in [0.29, 0.717) is 16.7 Å². The summed E-state index contributed by atoms with van der Waals surface area (Å²) in [6, 6.07) is 11.8. The molecule has 2 aromatic rings. The zero-order valence-electron chi connectivity index (χ0n) is 16.1. The Hall–Kier alpha value is -3.29. The molecule has 0 aliphatic rings. The smallest absolute Gasteiger partial charge is 0.416 e. The minimum absolute atomic E-state index is 0.00940. The third-order valence-corrected chi connectivity index (χ3v) is 3.98. The number of hydrogen-bond acceptors (Lipinski definition) is 5. The summed E-state index contributed by atoms with van der Waals surface area (Å²) in [5.41, 5.74) is 1.18. The van der Waals surface area contributed by atoms with Crippen molar-refractivity contribution in [1.29, 1.82) is 0 Å². The van der Waals surface area contributed by atoms with Crippen molar-refractivity contribution in [2.45, 2.75) is 19.7 Å². The van der Waals surface area contributed by atoms with Gasteiger partial charge in [-0.15, -0.1) is 0 Å². The summed E-state index contributed by atoms with van der Waals surface area (Å²) in [7, 11) is 2.67. The summed E-state index contributed by atoms with van der Waals surface area (Å²) in [5.74, 6) is -0.581. The van der Waals surface area contributed by atoms with E-state index >= 15 is 0 Å². The first-order valence-corrected chi connectivity index (χ1v) is 8.51. The second-order valence-electron chi connectivity index (χ2n) is 5.94. The van der Waals surface area contributed by atoms with Gasteiger partial charge in [-0.05, 0) is 30.2 Å². The van der Waals surface area contributed by atoms with Gasteiger partial charge in [-0.1, -0.05) is 41.6 Å². The molecule has 0 aliphatic carbocycles. The fourth-order valence-corrected chi connectivity index (χ4v) is 2.53. The molecular weight excluding hydrogens is 387 g/mol. The Morgan fingerprint density at radius 3 is 2.48 bits per heavy atom. The van der Waals surface area contributed by atoms with Gasteiger partial charge < -0.3 is 14.3 Å². The van der Waals surface area contributed by atoms with E-state index in [2.05, 4.69) is 5.16 Å². The third-order valence-electron chi connectivity index (χ3n) is 3.98. The van der Waals surface area contributed by atoms with E-state index in [0.717, 1.165) is 12.1 Å².